The van der Waals surface area contributed by atoms with Crippen molar-refractivity contribution in [1.82, 2.24) is 4.90 Å². The number of rotatable bonds is 3. The molecule has 3 nitrogen and oxygen atoms in total. The SMILES string of the molecule is O=C(CCCO)N1CC2CCC1C2. The Morgan fingerprint density at radius 1 is 1.46 bits per heavy atom. The second-order valence-electron chi connectivity index (χ2n) is 4.21. The van der Waals surface area contributed by atoms with E-state index in [0.29, 0.717) is 18.9 Å². The Kier molecular flexibility index (Phi) is 2.54. The van der Waals surface area contributed by atoms with Crippen LogP contribution in [0.15, 0.2) is 0 Å². The molecule has 2 fully saturated rings. The molecule has 2 unspecified atom stereocenters. The Labute approximate surface area is 78.7 Å². The standard InChI is InChI=1S/C10H17NO2/c12-5-1-2-10(13)11-7-8-3-4-9(11)6-8/h8-9,12H,1-7H2. The van der Waals surface area contributed by atoms with Crippen LogP contribution in [0.4, 0.5) is 0 Å². The number of amides is 1. The first kappa shape index (κ1) is 9.00. The summed E-state index contributed by atoms with van der Waals surface area (Å²) in [6.07, 6.45) is 4.89. The smallest absolute Gasteiger partial charge is 0.222 e. The molecule has 2 atom stereocenters. The third-order valence-electron chi connectivity index (χ3n) is 3.28. The molecular weight excluding hydrogens is 166 g/mol. The molecule has 1 N–H and O–H groups in total. The number of hydrogen-bond donors (Lipinski definition) is 1. The molecule has 13 heavy (non-hydrogen) atoms. The molecular formula is C10H17NO2. The molecule has 0 aromatic rings. The van der Waals surface area contributed by atoms with E-state index >= 15 is 0 Å². The van der Waals surface area contributed by atoms with E-state index in [4.69, 9.17) is 5.11 Å². The van der Waals surface area contributed by atoms with Crippen molar-refractivity contribution in [3.63, 3.8) is 0 Å². The van der Waals surface area contributed by atoms with Crippen LogP contribution in [0.5, 0.6) is 0 Å². The molecule has 2 rings (SSSR count). The fraction of sp³-hybridized carbons (Fsp3) is 0.900. The molecule has 0 radical (unpaired) electrons. The van der Waals surface area contributed by atoms with Crippen molar-refractivity contribution in [2.75, 3.05) is 13.2 Å². The van der Waals surface area contributed by atoms with Gasteiger partial charge in [0.05, 0.1) is 0 Å². The molecule has 0 aromatic carbocycles. The summed E-state index contributed by atoms with van der Waals surface area (Å²) in [6, 6.07) is 0.538. The summed E-state index contributed by atoms with van der Waals surface area (Å²) in [6.45, 7) is 1.11. The number of likely N-dealkylation sites (tertiary alicyclic amines) is 1. The van der Waals surface area contributed by atoms with E-state index in [1.165, 1.54) is 19.3 Å². The summed E-state index contributed by atoms with van der Waals surface area (Å²) in [4.78, 5) is 13.6. The number of piperidine rings is 1. The van der Waals surface area contributed by atoms with E-state index < -0.39 is 0 Å². The van der Waals surface area contributed by atoms with Crippen molar-refractivity contribution in [2.24, 2.45) is 5.92 Å². The van der Waals surface area contributed by atoms with Gasteiger partial charge in [0.1, 0.15) is 0 Å². The normalized spacial score (nSPS) is 31.3. The molecule has 74 valence electrons. The first-order valence-corrected chi connectivity index (χ1v) is 5.21. The third-order valence-corrected chi connectivity index (χ3v) is 3.28. The number of nitrogens with zero attached hydrogens (tertiary/aromatic N) is 1. The van der Waals surface area contributed by atoms with E-state index in [-0.39, 0.29) is 12.5 Å². The largest absolute Gasteiger partial charge is 0.396 e. The minimum Gasteiger partial charge on any atom is -0.396 e. The monoisotopic (exact) mass is 183 g/mol. The molecule has 1 amide bonds. The summed E-state index contributed by atoms with van der Waals surface area (Å²) < 4.78 is 0. The van der Waals surface area contributed by atoms with Crippen LogP contribution in [0.3, 0.4) is 0 Å². The Bertz CT molecular complexity index is 205. The summed E-state index contributed by atoms with van der Waals surface area (Å²) in [5.41, 5.74) is 0. The summed E-state index contributed by atoms with van der Waals surface area (Å²) >= 11 is 0. The predicted octanol–water partition coefficient (Wildman–Crippen LogP) is 0.770. The first-order valence-electron chi connectivity index (χ1n) is 5.21. The maximum Gasteiger partial charge on any atom is 0.222 e. The minimum absolute atomic E-state index is 0.133. The average molecular weight is 183 g/mol. The van der Waals surface area contributed by atoms with Crippen molar-refractivity contribution in [2.45, 2.75) is 38.1 Å². The number of carbonyl (C=O) groups is 1. The Balaban J connectivity index is 1.84. The van der Waals surface area contributed by atoms with Gasteiger partial charge in [0.2, 0.25) is 5.91 Å². The maximum atomic E-state index is 11.6. The number of aliphatic hydroxyl groups is 1. The van der Waals surface area contributed by atoms with E-state index in [2.05, 4.69) is 0 Å². The van der Waals surface area contributed by atoms with Crippen molar-refractivity contribution in [3.8, 4) is 0 Å². The molecule has 1 aliphatic carbocycles. The lowest BCUT2D eigenvalue weighted by molar-refractivity contribution is -0.133. The number of hydrogen-bond acceptors (Lipinski definition) is 2. The minimum atomic E-state index is 0.133. The molecule has 2 aliphatic rings. The van der Waals surface area contributed by atoms with Crippen LogP contribution < -0.4 is 0 Å². The van der Waals surface area contributed by atoms with Crippen LogP contribution in [-0.2, 0) is 4.79 Å². The highest BCUT2D eigenvalue weighted by molar-refractivity contribution is 5.77. The summed E-state index contributed by atoms with van der Waals surface area (Å²) in [5, 5.41) is 8.62. The van der Waals surface area contributed by atoms with Crippen LogP contribution >= 0.6 is 0 Å². The fourth-order valence-corrected chi connectivity index (χ4v) is 2.60. The molecule has 1 aliphatic heterocycles. The Morgan fingerprint density at radius 3 is 2.85 bits per heavy atom. The first-order chi connectivity index (χ1) is 6.31. The molecule has 0 aromatic heterocycles. The van der Waals surface area contributed by atoms with Gasteiger partial charge in [-0.15, -0.1) is 0 Å². The second kappa shape index (κ2) is 3.66. The summed E-state index contributed by atoms with van der Waals surface area (Å²) in [5.74, 6) is 1.03. The van der Waals surface area contributed by atoms with Crippen LogP contribution in [-0.4, -0.2) is 35.1 Å². The lowest BCUT2D eigenvalue weighted by Gasteiger charge is -2.26. The third kappa shape index (κ3) is 1.70. The lowest BCUT2D eigenvalue weighted by atomic mass is 10.1. The van der Waals surface area contributed by atoms with Crippen molar-refractivity contribution >= 4 is 5.91 Å². The van der Waals surface area contributed by atoms with Gasteiger partial charge in [0, 0.05) is 25.6 Å². The van der Waals surface area contributed by atoms with Crippen LogP contribution in [0.2, 0.25) is 0 Å². The second-order valence-corrected chi connectivity index (χ2v) is 4.21. The van der Waals surface area contributed by atoms with Gasteiger partial charge in [-0.25, -0.2) is 0 Å². The topological polar surface area (TPSA) is 40.5 Å². The quantitative estimate of drug-likeness (QED) is 0.702. The van der Waals surface area contributed by atoms with Crippen molar-refractivity contribution < 1.29 is 9.90 Å². The van der Waals surface area contributed by atoms with Gasteiger partial charge in [-0.2, -0.15) is 0 Å². The molecule has 2 bridgehead atoms. The van der Waals surface area contributed by atoms with E-state index in [1.807, 2.05) is 4.90 Å². The highest BCUT2D eigenvalue weighted by atomic mass is 16.3. The predicted molar refractivity (Wildman–Crippen MR) is 49.2 cm³/mol. The van der Waals surface area contributed by atoms with Crippen molar-refractivity contribution in [1.29, 1.82) is 0 Å². The molecule has 3 heteroatoms. The highest BCUT2D eigenvalue weighted by Crippen LogP contribution is 2.37. The number of aliphatic hydroxyl groups excluding tert-OH is 1. The van der Waals surface area contributed by atoms with Gasteiger partial charge < -0.3 is 10.0 Å². The average Bonchev–Trinajstić information content (AvgIpc) is 2.74. The lowest BCUT2D eigenvalue weighted by Crippen LogP contribution is -2.37. The molecule has 0 spiro atoms. The Morgan fingerprint density at radius 2 is 2.31 bits per heavy atom. The van der Waals surface area contributed by atoms with Gasteiger partial charge in [0.15, 0.2) is 0 Å². The molecule has 1 saturated carbocycles. The van der Waals surface area contributed by atoms with Gasteiger partial charge in [0.25, 0.3) is 0 Å². The van der Waals surface area contributed by atoms with E-state index in [9.17, 15) is 4.79 Å². The summed E-state index contributed by atoms with van der Waals surface area (Å²) in [7, 11) is 0. The van der Waals surface area contributed by atoms with Gasteiger partial charge in [-0.05, 0) is 31.6 Å². The number of carbonyl (C=O) groups excluding carboxylic acids is 1. The van der Waals surface area contributed by atoms with Crippen LogP contribution in [0.25, 0.3) is 0 Å². The van der Waals surface area contributed by atoms with Crippen LogP contribution in [0.1, 0.15) is 32.1 Å². The molecule has 1 saturated heterocycles. The molecule has 1 heterocycles. The van der Waals surface area contributed by atoms with Gasteiger partial charge >= 0.3 is 0 Å². The number of fused-ring (bicyclic) bond motifs is 2. The Hall–Kier alpha value is -0.570. The zero-order valence-corrected chi connectivity index (χ0v) is 7.91. The maximum absolute atomic E-state index is 11.6. The van der Waals surface area contributed by atoms with Crippen molar-refractivity contribution in [3.05, 3.63) is 0 Å². The van der Waals surface area contributed by atoms with Crippen LogP contribution in [0, 0.1) is 5.92 Å². The zero-order chi connectivity index (χ0) is 9.26. The highest BCUT2D eigenvalue weighted by Gasteiger charge is 2.39. The van der Waals surface area contributed by atoms with Gasteiger partial charge in [-0.1, -0.05) is 0 Å². The fourth-order valence-electron chi connectivity index (χ4n) is 2.60. The van der Waals surface area contributed by atoms with Gasteiger partial charge in [-0.3, -0.25) is 4.79 Å². The zero-order valence-electron chi connectivity index (χ0n) is 7.91. The van der Waals surface area contributed by atoms with E-state index in [0.717, 1.165) is 12.5 Å². The van der Waals surface area contributed by atoms with E-state index in [1.54, 1.807) is 0 Å².